The van der Waals surface area contributed by atoms with E-state index in [4.69, 9.17) is 5.11 Å². The molecule has 0 spiro atoms. The quantitative estimate of drug-likeness (QED) is 0.382. The van der Waals surface area contributed by atoms with Crippen LogP contribution < -0.4 is 5.32 Å². The molecule has 0 fully saturated rings. The van der Waals surface area contributed by atoms with E-state index in [9.17, 15) is 24.8 Å². The lowest BCUT2D eigenvalue weighted by molar-refractivity contribution is -0.384. The molecule has 1 amide bonds. The van der Waals surface area contributed by atoms with Gasteiger partial charge in [0, 0.05) is 6.07 Å². The van der Waals surface area contributed by atoms with E-state index in [2.05, 4.69) is 10.3 Å². The first-order chi connectivity index (χ1) is 9.88. The number of amides is 1. The van der Waals surface area contributed by atoms with Crippen LogP contribution in [0.2, 0.25) is 0 Å². The number of nitrogens with one attached hydrogen (secondary N) is 2. The number of carboxylic acid groups (broad SMARTS) is 1. The third kappa shape index (κ3) is 2.97. The largest absolute Gasteiger partial charge is 0.508 e. The van der Waals surface area contributed by atoms with Crippen LogP contribution in [0.3, 0.4) is 0 Å². The van der Waals surface area contributed by atoms with Gasteiger partial charge in [-0.1, -0.05) is 0 Å². The average molecular weight is 291 g/mol. The Labute approximate surface area is 117 Å². The highest BCUT2D eigenvalue weighted by atomic mass is 16.6. The number of nitrogens with zero attached hydrogens (tertiary/aromatic N) is 1. The number of anilines is 1. The normalized spacial score (nSPS) is 10.1. The number of carbonyl (C=O) groups excluding carboxylic acids is 1. The molecule has 21 heavy (non-hydrogen) atoms. The maximum absolute atomic E-state index is 11.9. The second kappa shape index (κ2) is 5.33. The van der Waals surface area contributed by atoms with Gasteiger partial charge in [-0.3, -0.25) is 14.9 Å². The number of aromatic carboxylic acids is 1. The molecule has 0 radical (unpaired) electrons. The van der Waals surface area contributed by atoms with Crippen molar-refractivity contribution in [3.63, 3.8) is 0 Å². The molecule has 0 aliphatic rings. The maximum Gasteiger partial charge on any atom is 0.337 e. The standard InChI is InChI=1S/C12H9N3O6/c16-7-1-2-9(8(4-7)12(18)19)14-11(17)10-3-6(5-13-10)15(20)21/h1-5,13,16H,(H,14,17)(H,18,19). The van der Waals surface area contributed by atoms with Crippen molar-refractivity contribution in [3.8, 4) is 5.75 Å². The van der Waals surface area contributed by atoms with E-state index in [0.29, 0.717) is 0 Å². The molecule has 0 aliphatic heterocycles. The first-order valence-electron chi connectivity index (χ1n) is 5.59. The molecule has 0 saturated carbocycles. The molecule has 108 valence electrons. The van der Waals surface area contributed by atoms with Crippen molar-refractivity contribution in [1.82, 2.24) is 4.98 Å². The predicted octanol–water partition coefficient (Wildman–Crippen LogP) is 1.58. The number of rotatable bonds is 4. The molecule has 4 N–H and O–H groups in total. The average Bonchev–Trinajstić information content (AvgIpc) is 2.90. The number of phenols is 1. The Balaban J connectivity index is 2.27. The summed E-state index contributed by atoms with van der Waals surface area (Å²) in [6.07, 6.45) is 1.05. The lowest BCUT2D eigenvalue weighted by Gasteiger charge is -2.07. The SMILES string of the molecule is O=C(Nc1ccc(O)cc1C(=O)O)c1cc([N+](=O)[O-])c[nH]1. The van der Waals surface area contributed by atoms with E-state index in [1.54, 1.807) is 0 Å². The number of carboxylic acids is 1. The number of phenolic OH excluding ortho intramolecular Hbond substituents is 1. The second-order valence-electron chi connectivity index (χ2n) is 4.02. The molecule has 2 rings (SSSR count). The van der Waals surface area contributed by atoms with Gasteiger partial charge in [0.25, 0.3) is 11.6 Å². The maximum atomic E-state index is 11.9. The Kier molecular flexibility index (Phi) is 3.57. The number of H-pyrrole nitrogens is 1. The molecule has 1 aromatic heterocycles. The topological polar surface area (TPSA) is 146 Å². The zero-order chi connectivity index (χ0) is 15.6. The van der Waals surface area contributed by atoms with Crippen molar-refractivity contribution in [2.75, 3.05) is 5.32 Å². The van der Waals surface area contributed by atoms with Crippen LogP contribution in [0.15, 0.2) is 30.5 Å². The van der Waals surface area contributed by atoms with Gasteiger partial charge in [-0.15, -0.1) is 0 Å². The van der Waals surface area contributed by atoms with Gasteiger partial charge in [0.1, 0.15) is 11.4 Å². The number of nitro groups is 1. The number of benzene rings is 1. The third-order valence-corrected chi connectivity index (χ3v) is 2.60. The van der Waals surface area contributed by atoms with E-state index < -0.39 is 16.8 Å². The summed E-state index contributed by atoms with van der Waals surface area (Å²) in [6.45, 7) is 0. The zero-order valence-corrected chi connectivity index (χ0v) is 10.4. The summed E-state index contributed by atoms with van der Waals surface area (Å²) < 4.78 is 0. The summed E-state index contributed by atoms with van der Waals surface area (Å²) in [5.74, 6) is -2.34. The summed E-state index contributed by atoms with van der Waals surface area (Å²) in [6, 6.07) is 4.43. The molecule has 0 bridgehead atoms. The fourth-order valence-electron chi connectivity index (χ4n) is 1.63. The smallest absolute Gasteiger partial charge is 0.337 e. The van der Waals surface area contributed by atoms with Gasteiger partial charge in [-0.05, 0) is 18.2 Å². The van der Waals surface area contributed by atoms with Crippen molar-refractivity contribution in [3.05, 3.63) is 51.8 Å². The number of hydrogen-bond donors (Lipinski definition) is 4. The minimum atomic E-state index is -1.33. The van der Waals surface area contributed by atoms with Crippen molar-refractivity contribution in [1.29, 1.82) is 0 Å². The number of carbonyl (C=O) groups is 2. The number of hydrogen-bond acceptors (Lipinski definition) is 5. The molecule has 9 nitrogen and oxygen atoms in total. The molecule has 0 saturated heterocycles. The fraction of sp³-hybridized carbons (Fsp3) is 0. The summed E-state index contributed by atoms with van der Waals surface area (Å²) >= 11 is 0. The molecule has 2 aromatic rings. The highest BCUT2D eigenvalue weighted by Gasteiger charge is 2.17. The van der Waals surface area contributed by atoms with Gasteiger partial charge < -0.3 is 20.5 Å². The van der Waals surface area contributed by atoms with Crippen LogP contribution in [-0.4, -0.2) is 32.0 Å². The summed E-state index contributed by atoms with van der Waals surface area (Å²) in [5.41, 5.74) is -0.720. The van der Waals surface area contributed by atoms with E-state index in [0.717, 1.165) is 18.3 Å². The zero-order valence-electron chi connectivity index (χ0n) is 10.4. The Morgan fingerprint density at radius 2 is 2.00 bits per heavy atom. The van der Waals surface area contributed by atoms with Crippen LogP contribution in [-0.2, 0) is 0 Å². The predicted molar refractivity (Wildman–Crippen MR) is 70.5 cm³/mol. The third-order valence-electron chi connectivity index (χ3n) is 2.60. The molecule has 1 aromatic carbocycles. The minimum Gasteiger partial charge on any atom is -0.508 e. The highest BCUT2D eigenvalue weighted by molar-refractivity contribution is 6.07. The van der Waals surface area contributed by atoms with Gasteiger partial charge in [0.05, 0.1) is 22.4 Å². The van der Waals surface area contributed by atoms with Crippen LogP contribution >= 0.6 is 0 Å². The Hall–Kier alpha value is -3.36. The lowest BCUT2D eigenvalue weighted by Crippen LogP contribution is -2.15. The van der Waals surface area contributed by atoms with Gasteiger partial charge in [-0.25, -0.2) is 4.79 Å². The van der Waals surface area contributed by atoms with Crippen LogP contribution in [0.5, 0.6) is 5.75 Å². The minimum absolute atomic E-state index is 0.0393. The Morgan fingerprint density at radius 3 is 2.57 bits per heavy atom. The monoisotopic (exact) mass is 291 g/mol. The van der Waals surface area contributed by atoms with E-state index in [-0.39, 0.29) is 28.4 Å². The molecule has 0 aliphatic carbocycles. The van der Waals surface area contributed by atoms with Crippen LogP contribution in [0.1, 0.15) is 20.8 Å². The van der Waals surface area contributed by atoms with Gasteiger partial charge in [0.2, 0.25) is 0 Å². The van der Waals surface area contributed by atoms with Gasteiger partial charge in [0.15, 0.2) is 0 Å². The number of aromatic amines is 1. The van der Waals surface area contributed by atoms with Crippen LogP contribution in [0.25, 0.3) is 0 Å². The number of aromatic hydroxyl groups is 1. The van der Waals surface area contributed by atoms with Gasteiger partial charge in [-0.2, -0.15) is 0 Å². The molecule has 0 unspecified atom stereocenters. The first-order valence-corrected chi connectivity index (χ1v) is 5.59. The molecule has 0 atom stereocenters. The summed E-state index contributed by atoms with van der Waals surface area (Å²) in [5, 5.41) is 31.1. The van der Waals surface area contributed by atoms with Crippen LogP contribution in [0.4, 0.5) is 11.4 Å². The lowest BCUT2D eigenvalue weighted by atomic mass is 10.1. The molecular weight excluding hydrogens is 282 g/mol. The highest BCUT2D eigenvalue weighted by Crippen LogP contribution is 2.22. The molecule has 9 heteroatoms. The Morgan fingerprint density at radius 1 is 1.29 bits per heavy atom. The Bertz CT molecular complexity index is 736. The van der Waals surface area contributed by atoms with E-state index in [1.807, 2.05) is 0 Å². The van der Waals surface area contributed by atoms with Crippen molar-refractivity contribution in [2.45, 2.75) is 0 Å². The second-order valence-corrected chi connectivity index (χ2v) is 4.02. The van der Waals surface area contributed by atoms with E-state index >= 15 is 0 Å². The molecule has 1 heterocycles. The molecular formula is C12H9N3O6. The van der Waals surface area contributed by atoms with Crippen LogP contribution in [0, 0.1) is 10.1 Å². The van der Waals surface area contributed by atoms with Gasteiger partial charge >= 0.3 is 5.97 Å². The van der Waals surface area contributed by atoms with Crippen molar-refractivity contribution >= 4 is 23.3 Å². The summed E-state index contributed by atoms with van der Waals surface area (Å²) in [7, 11) is 0. The van der Waals surface area contributed by atoms with E-state index in [1.165, 1.54) is 12.1 Å². The number of aromatic nitrogens is 1. The fourth-order valence-corrected chi connectivity index (χ4v) is 1.63. The first kappa shape index (κ1) is 14.1. The van der Waals surface area contributed by atoms with Crippen molar-refractivity contribution in [2.24, 2.45) is 0 Å². The van der Waals surface area contributed by atoms with Crippen molar-refractivity contribution < 1.29 is 24.7 Å². The summed E-state index contributed by atoms with van der Waals surface area (Å²) in [4.78, 5) is 35.2.